The van der Waals surface area contributed by atoms with Crippen LogP contribution in [0.15, 0.2) is 56.8 Å². The van der Waals surface area contributed by atoms with Crippen molar-refractivity contribution in [3.05, 3.63) is 61.0 Å². The van der Waals surface area contributed by atoms with Gasteiger partial charge in [-0.2, -0.15) is 0 Å². The molecule has 0 aromatic heterocycles. The van der Waals surface area contributed by atoms with Gasteiger partial charge in [0.25, 0.3) is 5.91 Å². The smallest absolute Gasteiger partial charge is 0.266 e. The van der Waals surface area contributed by atoms with E-state index in [0.29, 0.717) is 39.0 Å². The maximum absolute atomic E-state index is 13.0. The summed E-state index contributed by atoms with van der Waals surface area (Å²) in [6.45, 7) is 3.37. The molecule has 0 radical (unpaired) electrons. The van der Waals surface area contributed by atoms with Crippen molar-refractivity contribution in [2.45, 2.75) is 6.92 Å². The molecule has 1 fully saturated rings. The molecule has 0 spiro atoms. The minimum Gasteiger partial charge on any atom is -0.506 e. The van der Waals surface area contributed by atoms with Gasteiger partial charge in [0.1, 0.15) is 5.75 Å². The van der Waals surface area contributed by atoms with Crippen LogP contribution in [0.25, 0.3) is 6.08 Å². The molecule has 0 saturated carbocycles. The molecule has 1 amide bonds. The Balaban J connectivity index is 1.96. The van der Waals surface area contributed by atoms with E-state index in [4.69, 9.17) is 4.74 Å². The summed E-state index contributed by atoms with van der Waals surface area (Å²) >= 11 is 6.79. The Morgan fingerprint density at radius 1 is 1.32 bits per heavy atom. The lowest BCUT2D eigenvalue weighted by Gasteiger charge is -2.15. The van der Waals surface area contributed by atoms with Crippen LogP contribution in [0.5, 0.6) is 5.75 Å². The second-order valence-corrected chi connectivity index (χ2v) is 8.91. The SMILES string of the molecule is CCOCCN1C(=O)/C(=C\c2cc(Br)cc(I)c2O)SC1=Nc1ccccc1. The minimum atomic E-state index is -0.145. The number of amides is 1. The number of halogens is 2. The van der Waals surface area contributed by atoms with Gasteiger partial charge in [0.05, 0.1) is 27.3 Å². The molecule has 3 rings (SSSR count). The van der Waals surface area contributed by atoms with E-state index >= 15 is 0 Å². The number of amidine groups is 1. The molecule has 0 aliphatic carbocycles. The molecular formula is C20H18BrIN2O3S. The van der Waals surface area contributed by atoms with E-state index in [0.717, 1.165) is 10.2 Å². The molecule has 1 aliphatic rings. The Kier molecular flexibility index (Phi) is 7.55. The van der Waals surface area contributed by atoms with Gasteiger partial charge in [0.2, 0.25) is 0 Å². The van der Waals surface area contributed by atoms with Gasteiger partial charge in [0, 0.05) is 16.6 Å². The highest BCUT2D eigenvalue weighted by Gasteiger charge is 2.33. The second kappa shape index (κ2) is 9.91. The molecule has 0 bridgehead atoms. The number of ether oxygens (including phenoxy) is 1. The Labute approximate surface area is 190 Å². The van der Waals surface area contributed by atoms with E-state index in [1.807, 2.05) is 43.3 Å². The number of aliphatic imine (C=N–C) groups is 1. The summed E-state index contributed by atoms with van der Waals surface area (Å²) in [6, 6.07) is 13.1. The number of nitrogens with zero attached hydrogens (tertiary/aromatic N) is 2. The van der Waals surface area contributed by atoms with Crippen LogP contribution in [0.4, 0.5) is 5.69 Å². The molecular weight excluding hydrogens is 555 g/mol. The third-order valence-electron chi connectivity index (χ3n) is 3.88. The molecule has 146 valence electrons. The lowest BCUT2D eigenvalue weighted by molar-refractivity contribution is -0.122. The molecule has 0 unspecified atom stereocenters. The fourth-order valence-corrected chi connectivity index (χ4v) is 5.10. The summed E-state index contributed by atoms with van der Waals surface area (Å²) in [4.78, 5) is 19.8. The van der Waals surface area contributed by atoms with Crippen LogP contribution in [0.1, 0.15) is 12.5 Å². The van der Waals surface area contributed by atoms with Gasteiger partial charge in [-0.25, -0.2) is 4.99 Å². The average Bonchev–Trinajstić information content (AvgIpc) is 2.95. The largest absolute Gasteiger partial charge is 0.506 e. The molecule has 1 N–H and O–H groups in total. The van der Waals surface area contributed by atoms with Crippen molar-refractivity contribution in [2.24, 2.45) is 4.99 Å². The van der Waals surface area contributed by atoms with Gasteiger partial charge in [-0.1, -0.05) is 34.1 Å². The predicted molar refractivity (Wildman–Crippen MR) is 126 cm³/mol. The predicted octanol–water partition coefficient (Wildman–Crippen LogP) is 5.40. The Morgan fingerprint density at radius 2 is 2.07 bits per heavy atom. The second-order valence-electron chi connectivity index (χ2n) is 5.82. The highest BCUT2D eigenvalue weighted by atomic mass is 127. The van der Waals surface area contributed by atoms with E-state index in [-0.39, 0.29) is 11.7 Å². The summed E-state index contributed by atoms with van der Waals surface area (Å²) < 4.78 is 6.97. The molecule has 1 aliphatic heterocycles. The summed E-state index contributed by atoms with van der Waals surface area (Å²) in [5.74, 6) is 0.00721. The van der Waals surface area contributed by atoms with Crippen LogP contribution in [0, 0.1) is 3.57 Å². The highest BCUT2D eigenvalue weighted by molar-refractivity contribution is 14.1. The molecule has 28 heavy (non-hydrogen) atoms. The summed E-state index contributed by atoms with van der Waals surface area (Å²) in [6.07, 6.45) is 1.70. The van der Waals surface area contributed by atoms with Gasteiger partial charge in [-0.3, -0.25) is 9.69 Å². The van der Waals surface area contributed by atoms with Crippen molar-refractivity contribution in [2.75, 3.05) is 19.8 Å². The van der Waals surface area contributed by atoms with Crippen molar-refractivity contribution in [1.82, 2.24) is 4.90 Å². The van der Waals surface area contributed by atoms with E-state index < -0.39 is 0 Å². The number of rotatable bonds is 6. The maximum atomic E-state index is 13.0. The van der Waals surface area contributed by atoms with E-state index in [1.165, 1.54) is 11.8 Å². The quantitative estimate of drug-likeness (QED) is 0.286. The van der Waals surface area contributed by atoms with E-state index in [9.17, 15) is 9.90 Å². The lowest BCUT2D eigenvalue weighted by atomic mass is 10.2. The van der Waals surface area contributed by atoms with Crippen LogP contribution in [0.2, 0.25) is 0 Å². The normalized spacial score (nSPS) is 17.1. The number of benzene rings is 2. The zero-order chi connectivity index (χ0) is 20.1. The Morgan fingerprint density at radius 3 is 2.79 bits per heavy atom. The van der Waals surface area contributed by atoms with Gasteiger partial charge >= 0.3 is 0 Å². The standard InChI is InChI=1S/C20H18BrIN2O3S/c1-2-27-9-8-24-19(26)17(11-13-10-14(21)12-16(22)18(13)25)28-20(24)23-15-6-4-3-5-7-15/h3-7,10-12,25H,2,8-9H2,1H3/b17-11+,23-20?. The molecule has 1 heterocycles. The Bertz CT molecular complexity index is 935. The first kappa shape index (κ1) is 21.4. The van der Waals surface area contributed by atoms with Crippen molar-refractivity contribution < 1.29 is 14.6 Å². The number of hydrogen-bond acceptors (Lipinski definition) is 5. The molecule has 8 heteroatoms. The molecule has 5 nitrogen and oxygen atoms in total. The van der Waals surface area contributed by atoms with Gasteiger partial charge < -0.3 is 9.84 Å². The van der Waals surface area contributed by atoms with Crippen LogP contribution in [-0.4, -0.2) is 40.8 Å². The average molecular weight is 573 g/mol. The van der Waals surface area contributed by atoms with E-state index in [1.54, 1.807) is 17.0 Å². The third kappa shape index (κ3) is 5.16. The summed E-state index contributed by atoms with van der Waals surface area (Å²) in [5.41, 5.74) is 1.36. The third-order valence-corrected chi connectivity index (χ3v) is 6.16. The zero-order valence-corrected chi connectivity index (χ0v) is 19.6. The maximum Gasteiger partial charge on any atom is 0.266 e. The number of phenolic OH excluding ortho intramolecular Hbond substituents is 1. The number of thioether (sulfide) groups is 1. The van der Waals surface area contributed by atoms with E-state index in [2.05, 4.69) is 43.5 Å². The number of carbonyl (C=O) groups is 1. The van der Waals surface area contributed by atoms with Gasteiger partial charge in [-0.15, -0.1) is 0 Å². The van der Waals surface area contributed by atoms with Crippen molar-refractivity contribution in [3.8, 4) is 5.75 Å². The topological polar surface area (TPSA) is 62.1 Å². The summed E-state index contributed by atoms with van der Waals surface area (Å²) in [5, 5.41) is 11.0. The highest BCUT2D eigenvalue weighted by Crippen LogP contribution is 2.37. The number of phenols is 1. The zero-order valence-electron chi connectivity index (χ0n) is 15.1. The van der Waals surface area contributed by atoms with Crippen LogP contribution < -0.4 is 0 Å². The number of carbonyl (C=O) groups excluding carboxylic acids is 1. The molecule has 2 aromatic rings. The monoisotopic (exact) mass is 572 g/mol. The molecule has 2 aromatic carbocycles. The first-order chi connectivity index (χ1) is 13.5. The van der Waals surface area contributed by atoms with Crippen LogP contribution >= 0.6 is 50.3 Å². The fourth-order valence-electron chi connectivity index (χ4n) is 2.54. The van der Waals surface area contributed by atoms with Gasteiger partial charge in [0.15, 0.2) is 5.17 Å². The number of para-hydroxylation sites is 1. The summed E-state index contributed by atoms with van der Waals surface area (Å²) in [7, 11) is 0. The van der Waals surface area contributed by atoms with Crippen LogP contribution in [-0.2, 0) is 9.53 Å². The van der Waals surface area contributed by atoms with Crippen LogP contribution in [0.3, 0.4) is 0 Å². The Hall–Kier alpha value is -1.36. The minimum absolute atomic E-state index is 0.145. The lowest BCUT2D eigenvalue weighted by Crippen LogP contribution is -2.32. The number of hydrogen-bond donors (Lipinski definition) is 1. The van der Waals surface area contributed by atoms with Gasteiger partial charge in [-0.05, 0) is 71.6 Å². The molecule has 1 saturated heterocycles. The van der Waals surface area contributed by atoms with Crippen molar-refractivity contribution in [1.29, 1.82) is 0 Å². The first-order valence-electron chi connectivity index (χ1n) is 8.60. The first-order valence-corrected chi connectivity index (χ1v) is 11.3. The van der Waals surface area contributed by atoms with Crippen molar-refractivity contribution in [3.63, 3.8) is 0 Å². The fraction of sp³-hybridized carbons (Fsp3) is 0.200. The number of aromatic hydroxyl groups is 1. The van der Waals surface area contributed by atoms with Crippen molar-refractivity contribution >= 4 is 73.1 Å². The molecule has 0 atom stereocenters.